The van der Waals surface area contributed by atoms with Crippen LogP contribution < -0.4 is 0 Å². The molecule has 0 spiro atoms. The highest BCUT2D eigenvalue weighted by atomic mass is 19.3. The Morgan fingerprint density at radius 1 is 1.47 bits per heavy atom. The molecule has 2 aromatic rings. The number of H-pyrrole nitrogens is 1. The Bertz CT molecular complexity index is 562. The molecule has 3 rings (SSSR count). The third-order valence-electron chi connectivity index (χ3n) is 3.28. The Labute approximate surface area is 97.3 Å². The lowest BCUT2D eigenvalue weighted by atomic mass is 10.1. The Balaban J connectivity index is 1.96. The molecule has 0 amide bonds. The zero-order valence-corrected chi connectivity index (χ0v) is 9.50. The first kappa shape index (κ1) is 10.6. The van der Waals surface area contributed by atoms with Crippen LogP contribution >= 0.6 is 0 Å². The van der Waals surface area contributed by atoms with Crippen LogP contribution in [0, 0.1) is 6.92 Å². The number of alkyl halides is 2. The predicted octanol–water partition coefficient (Wildman–Crippen LogP) is 3.17. The van der Waals surface area contributed by atoms with Gasteiger partial charge in [-0.3, -0.25) is 0 Å². The fourth-order valence-corrected chi connectivity index (χ4v) is 2.40. The number of imidazole rings is 1. The molecule has 1 fully saturated rings. The van der Waals surface area contributed by atoms with E-state index in [9.17, 15) is 8.78 Å². The highest BCUT2D eigenvalue weighted by Crippen LogP contribution is 2.43. The molecule has 0 aliphatic heterocycles. The zero-order valence-electron chi connectivity index (χ0n) is 9.50. The molecule has 0 bridgehead atoms. The fraction of sp³-hybridized carbons (Fsp3) is 0.500. The SMILES string of the molecule is Cc1cnc2nc(C3CCC(F)(F)C3)[nH]c2c1. The summed E-state index contributed by atoms with van der Waals surface area (Å²) < 4.78 is 26.3. The number of aryl methyl sites for hydroxylation is 1. The third-order valence-corrected chi connectivity index (χ3v) is 3.28. The van der Waals surface area contributed by atoms with Gasteiger partial charge in [-0.25, -0.2) is 18.7 Å². The maximum Gasteiger partial charge on any atom is 0.248 e. The van der Waals surface area contributed by atoms with E-state index in [0.717, 1.165) is 11.1 Å². The summed E-state index contributed by atoms with van der Waals surface area (Å²) in [5.74, 6) is -2.05. The van der Waals surface area contributed by atoms with Crippen molar-refractivity contribution in [3.63, 3.8) is 0 Å². The maximum absolute atomic E-state index is 13.1. The largest absolute Gasteiger partial charge is 0.340 e. The second-order valence-electron chi connectivity index (χ2n) is 4.80. The monoisotopic (exact) mass is 237 g/mol. The summed E-state index contributed by atoms with van der Waals surface area (Å²) in [6.45, 7) is 1.94. The Kier molecular flexibility index (Phi) is 2.18. The van der Waals surface area contributed by atoms with Crippen molar-refractivity contribution in [2.75, 3.05) is 0 Å². The number of aromatic amines is 1. The van der Waals surface area contributed by atoms with Gasteiger partial charge in [0.2, 0.25) is 5.92 Å². The smallest absolute Gasteiger partial charge is 0.248 e. The highest BCUT2D eigenvalue weighted by molar-refractivity contribution is 5.71. The zero-order chi connectivity index (χ0) is 12.0. The lowest BCUT2D eigenvalue weighted by Gasteiger charge is -2.07. The maximum atomic E-state index is 13.1. The van der Waals surface area contributed by atoms with E-state index in [1.54, 1.807) is 6.20 Å². The summed E-state index contributed by atoms with van der Waals surface area (Å²) in [5.41, 5.74) is 2.47. The number of nitrogens with one attached hydrogen (secondary N) is 1. The van der Waals surface area contributed by atoms with Crippen LogP contribution in [0.2, 0.25) is 0 Å². The van der Waals surface area contributed by atoms with Crippen LogP contribution in [0.5, 0.6) is 0 Å². The van der Waals surface area contributed by atoms with E-state index in [2.05, 4.69) is 15.0 Å². The Hall–Kier alpha value is -1.52. The van der Waals surface area contributed by atoms with Crippen LogP contribution in [0.4, 0.5) is 8.78 Å². The van der Waals surface area contributed by atoms with Crippen LogP contribution in [0.25, 0.3) is 11.2 Å². The van der Waals surface area contributed by atoms with Crippen LogP contribution in [-0.2, 0) is 0 Å². The first-order chi connectivity index (χ1) is 8.03. The summed E-state index contributed by atoms with van der Waals surface area (Å²) in [7, 11) is 0. The summed E-state index contributed by atoms with van der Waals surface area (Å²) in [6, 6.07) is 1.94. The number of hydrogen-bond acceptors (Lipinski definition) is 2. The molecule has 1 N–H and O–H groups in total. The number of hydrogen-bond donors (Lipinski definition) is 1. The lowest BCUT2D eigenvalue weighted by molar-refractivity contribution is 0.00756. The number of halogens is 2. The third kappa shape index (κ3) is 1.90. The van der Waals surface area contributed by atoms with Gasteiger partial charge in [-0.1, -0.05) is 0 Å². The van der Waals surface area contributed by atoms with Gasteiger partial charge in [0.1, 0.15) is 5.82 Å². The number of aromatic nitrogens is 3. The second kappa shape index (κ2) is 3.48. The van der Waals surface area contributed by atoms with E-state index < -0.39 is 5.92 Å². The minimum Gasteiger partial charge on any atom is -0.340 e. The van der Waals surface area contributed by atoms with Gasteiger partial charge < -0.3 is 4.98 Å². The van der Waals surface area contributed by atoms with Gasteiger partial charge in [-0.2, -0.15) is 0 Å². The van der Waals surface area contributed by atoms with Crippen molar-refractivity contribution in [2.45, 2.75) is 38.0 Å². The molecule has 2 heterocycles. The molecule has 3 nitrogen and oxygen atoms in total. The molecule has 5 heteroatoms. The number of nitrogens with zero attached hydrogens (tertiary/aromatic N) is 2. The number of fused-ring (bicyclic) bond motifs is 1. The van der Waals surface area contributed by atoms with Gasteiger partial charge in [-0.05, 0) is 25.0 Å². The van der Waals surface area contributed by atoms with Crippen molar-refractivity contribution in [1.82, 2.24) is 15.0 Å². The van der Waals surface area contributed by atoms with E-state index in [4.69, 9.17) is 0 Å². The van der Waals surface area contributed by atoms with Crippen molar-refractivity contribution >= 4 is 11.2 Å². The first-order valence-electron chi connectivity index (χ1n) is 5.74. The first-order valence-corrected chi connectivity index (χ1v) is 5.74. The molecule has 0 saturated heterocycles. The fourth-order valence-electron chi connectivity index (χ4n) is 2.40. The van der Waals surface area contributed by atoms with Gasteiger partial charge in [-0.15, -0.1) is 0 Å². The predicted molar refractivity (Wildman–Crippen MR) is 60.2 cm³/mol. The Morgan fingerprint density at radius 2 is 2.29 bits per heavy atom. The van der Waals surface area contributed by atoms with Crippen molar-refractivity contribution in [2.24, 2.45) is 0 Å². The molecule has 1 atom stereocenters. The quantitative estimate of drug-likeness (QED) is 0.827. The summed E-state index contributed by atoms with van der Waals surface area (Å²) >= 11 is 0. The average molecular weight is 237 g/mol. The van der Waals surface area contributed by atoms with E-state index in [-0.39, 0.29) is 18.8 Å². The summed E-state index contributed by atoms with van der Waals surface area (Å²) in [6.07, 6.45) is 2.08. The number of rotatable bonds is 1. The molecular weight excluding hydrogens is 224 g/mol. The van der Waals surface area contributed by atoms with E-state index >= 15 is 0 Å². The molecule has 1 unspecified atom stereocenters. The van der Waals surface area contributed by atoms with Crippen molar-refractivity contribution in [1.29, 1.82) is 0 Å². The molecule has 17 heavy (non-hydrogen) atoms. The number of pyridine rings is 1. The Morgan fingerprint density at radius 3 is 3.00 bits per heavy atom. The summed E-state index contributed by atoms with van der Waals surface area (Å²) in [5, 5.41) is 0. The molecule has 90 valence electrons. The van der Waals surface area contributed by atoms with E-state index in [0.29, 0.717) is 17.9 Å². The molecule has 2 aromatic heterocycles. The second-order valence-corrected chi connectivity index (χ2v) is 4.80. The van der Waals surface area contributed by atoms with Gasteiger partial charge in [0.05, 0.1) is 5.52 Å². The van der Waals surface area contributed by atoms with Crippen molar-refractivity contribution < 1.29 is 8.78 Å². The summed E-state index contributed by atoms with van der Waals surface area (Å²) in [4.78, 5) is 11.6. The average Bonchev–Trinajstić information content (AvgIpc) is 2.80. The van der Waals surface area contributed by atoms with Gasteiger partial charge in [0.15, 0.2) is 5.65 Å². The topological polar surface area (TPSA) is 41.6 Å². The molecule has 1 saturated carbocycles. The normalized spacial score (nSPS) is 23.4. The van der Waals surface area contributed by atoms with Crippen molar-refractivity contribution in [3.8, 4) is 0 Å². The van der Waals surface area contributed by atoms with Gasteiger partial charge in [0.25, 0.3) is 0 Å². The van der Waals surface area contributed by atoms with Gasteiger partial charge in [0, 0.05) is 25.0 Å². The van der Waals surface area contributed by atoms with E-state index in [1.165, 1.54) is 0 Å². The molecule has 1 aliphatic rings. The molecular formula is C12H13F2N3. The van der Waals surface area contributed by atoms with Crippen LogP contribution in [0.1, 0.15) is 36.6 Å². The minimum absolute atomic E-state index is 0.0405. The van der Waals surface area contributed by atoms with Crippen LogP contribution in [0.15, 0.2) is 12.3 Å². The molecule has 0 aromatic carbocycles. The minimum atomic E-state index is -2.53. The van der Waals surface area contributed by atoms with Crippen LogP contribution in [0.3, 0.4) is 0 Å². The van der Waals surface area contributed by atoms with Gasteiger partial charge >= 0.3 is 0 Å². The standard InChI is InChI=1S/C12H13F2N3/c1-7-4-9-11(15-6-7)17-10(16-9)8-2-3-12(13,14)5-8/h4,6,8H,2-3,5H2,1H3,(H,15,16,17). The highest BCUT2D eigenvalue weighted by Gasteiger charge is 2.41. The van der Waals surface area contributed by atoms with Crippen LogP contribution in [-0.4, -0.2) is 20.9 Å². The van der Waals surface area contributed by atoms with Crippen molar-refractivity contribution in [3.05, 3.63) is 23.7 Å². The lowest BCUT2D eigenvalue weighted by Crippen LogP contribution is -2.09. The molecule has 0 radical (unpaired) electrons. The molecule has 1 aliphatic carbocycles. The van der Waals surface area contributed by atoms with E-state index in [1.807, 2.05) is 13.0 Å².